The summed E-state index contributed by atoms with van der Waals surface area (Å²) in [5, 5.41) is 2.96. The van der Waals surface area contributed by atoms with Crippen molar-refractivity contribution in [3.05, 3.63) is 29.8 Å². The van der Waals surface area contributed by atoms with E-state index in [2.05, 4.69) is 5.32 Å². The summed E-state index contributed by atoms with van der Waals surface area (Å²) in [5.74, 6) is 0.270. The highest BCUT2D eigenvalue weighted by atomic mass is 19.4. The minimum Gasteiger partial charge on any atom is -0.382 e. The Morgan fingerprint density at radius 2 is 2.06 bits per heavy atom. The number of hydrogen-bond donors (Lipinski definition) is 1. The number of benzene rings is 1. The topological polar surface area (TPSA) is 21.3 Å². The molecule has 1 aliphatic heterocycles. The van der Waals surface area contributed by atoms with Crippen molar-refractivity contribution in [1.82, 2.24) is 0 Å². The Morgan fingerprint density at radius 1 is 1.33 bits per heavy atom. The summed E-state index contributed by atoms with van der Waals surface area (Å²) >= 11 is 0. The molecule has 1 aliphatic rings. The molecule has 0 amide bonds. The van der Waals surface area contributed by atoms with Crippen molar-refractivity contribution >= 4 is 5.69 Å². The van der Waals surface area contributed by atoms with Crippen LogP contribution in [-0.2, 0) is 10.9 Å². The van der Waals surface area contributed by atoms with E-state index < -0.39 is 11.7 Å². The number of anilines is 1. The number of para-hydroxylation sites is 1. The molecule has 100 valence electrons. The second-order valence-corrected chi connectivity index (χ2v) is 4.60. The second kappa shape index (κ2) is 5.18. The fraction of sp³-hybridized carbons (Fsp3) is 0.538. The Morgan fingerprint density at radius 3 is 2.67 bits per heavy atom. The predicted octanol–water partition coefficient (Wildman–Crippen LogP) is 3.54. The van der Waals surface area contributed by atoms with Gasteiger partial charge in [-0.3, -0.25) is 0 Å². The molecule has 2 nitrogen and oxygen atoms in total. The van der Waals surface area contributed by atoms with Gasteiger partial charge in [-0.1, -0.05) is 12.1 Å². The highest BCUT2D eigenvalue weighted by Crippen LogP contribution is 2.35. The highest BCUT2D eigenvalue weighted by Gasteiger charge is 2.34. The van der Waals surface area contributed by atoms with Crippen LogP contribution in [0.4, 0.5) is 18.9 Å². The van der Waals surface area contributed by atoms with Gasteiger partial charge in [-0.15, -0.1) is 0 Å². The average molecular weight is 259 g/mol. The maximum absolute atomic E-state index is 12.8. The maximum atomic E-state index is 12.8. The number of nitrogens with one attached hydrogen (secondary N) is 1. The first kappa shape index (κ1) is 13.2. The molecular weight excluding hydrogens is 243 g/mol. The van der Waals surface area contributed by atoms with Gasteiger partial charge in [0.2, 0.25) is 0 Å². The molecule has 2 atom stereocenters. The van der Waals surface area contributed by atoms with Crippen LogP contribution in [0.1, 0.15) is 18.9 Å². The van der Waals surface area contributed by atoms with E-state index >= 15 is 0 Å². The molecule has 5 heteroatoms. The van der Waals surface area contributed by atoms with Crippen LogP contribution < -0.4 is 5.32 Å². The highest BCUT2D eigenvalue weighted by molar-refractivity contribution is 5.53. The van der Waals surface area contributed by atoms with Crippen molar-refractivity contribution in [2.45, 2.75) is 25.6 Å². The molecule has 1 aromatic rings. The van der Waals surface area contributed by atoms with Gasteiger partial charge in [-0.2, -0.15) is 13.2 Å². The lowest BCUT2D eigenvalue weighted by atomic mass is 10.00. The summed E-state index contributed by atoms with van der Waals surface area (Å²) in [5.41, 5.74) is -0.472. The molecular formula is C13H16F3NO. The van der Waals surface area contributed by atoms with E-state index in [4.69, 9.17) is 4.74 Å². The second-order valence-electron chi connectivity index (χ2n) is 4.60. The fourth-order valence-corrected chi connectivity index (χ4v) is 2.17. The molecule has 18 heavy (non-hydrogen) atoms. The molecule has 0 aromatic heterocycles. The molecule has 1 N–H and O–H groups in total. The third-order valence-corrected chi connectivity index (χ3v) is 3.29. The number of hydrogen-bond acceptors (Lipinski definition) is 2. The lowest BCUT2D eigenvalue weighted by Crippen LogP contribution is -2.27. The number of halogens is 3. The van der Waals surface area contributed by atoms with E-state index in [0.29, 0.717) is 13.2 Å². The van der Waals surface area contributed by atoms with Crippen LogP contribution in [0, 0.1) is 5.92 Å². The molecule has 1 heterocycles. The summed E-state index contributed by atoms with van der Waals surface area (Å²) in [6, 6.07) is 5.54. The molecule has 0 spiro atoms. The minimum absolute atomic E-state index is 0.0315. The monoisotopic (exact) mass is 259 g/mol. The van der Waals surface area contributed by atoms with Gasteiger partial charge in [0, 0.05) is 24.3 Å². The van der Waals surface area contributed by atoms with Crippen LogP contribution in [0.15, 0.2) is 24.3 Å². The molecule has 0 radical (unpaired) electrons. The molecule has 1 saturated heterocycles. The largest absolute Gasteiger partial charge is 0.418 e. The Kier molecular flexibility index (Phi) is 3.80. The Bertz CT molecular complexity index is 399. The van der Waals surface area contributed by atoms with Crippen molar-refractivity contribution in [2.75, 3.05) is 18.5 Å². The third kappa shape index (κ3) is 2.96. The summed E-state index contributed by atoms with van der Waals surface area (Å²) < 4.78 is 43.7. The van der Waals surface area contributed by atoms with E-state index in [1.807, 2.05) is 6.92 Å². The van der Waals surface area contributed by atoms with Crippen LogP contribution >= 0.6 is 0 Å². The normalized spacial score (nSPS) is 21.9. The van der Waals surface area contributed by atoms with Crippen molar-refractivity contribution in [2.24, 2.45) is 5.92 Å². The van der Waals surface area contributed by atoms with Crippen LogP contribution in [0.5, 0.6) is 0 Å². The summed E-state index contributed by atoms with van der Waals surface area (Å²) in [7, 11) is 0. The molecule has 0 aliphatic carbocycles. The molecule has 1 aromatic carbocycles. The van der Waals surface area contributed by atoms with E-state index in [-0.39, 0.29) is 17.6 Å². The van der Waals surface area contributed by atoms with Crippen molar-refractivity contribution in [1.29, 1.82) is 0 Å². The summed E-state index contributed by atoms with van der Waals surface area (Å²) in [4.78, 5) is 0. The number of ether oxygens (including phenoxy) is 1. The Hall–Kier alpha value is -1.23. The SMILES string of the molecule is CC(Nc1ccccc1C(F)(F)F)C1CCOC1. The molecule has 2 rings (SSSR count). The standard InChI is InChI=1S/C13H16F3NO/c1-9(10-6-7-18-8-10)17-12-5-3-2-4-11(12)13(14,15)16/h2-5,9-10,17H,6-8H2,1H3. The lowest BCUT2D eigenvalue weighted by Gasteiger charge is -2.23. The van der Waals surface area contributed by atoms with Crippen LogP contribution in [-0.4, -0.2) is 19.3 Å². The van der Waals surface area contributed by atoms with Gasteiger partial charge in [0.15, 0.2) is 0 Å². The average Bonchev–Trinajstić information content (AvgIpc) is 2.81. The van der Waals surface area contributed by atoms with E-state index in [0.717, 1.165) is 12.5 Å². The van der Waals surface area contributed by atoms with Crippen LogP contribution in [0.2, 0.25) is 0 Å². The zero-order chi connectivity index (χ0) is 13.2. The Labute approximate surface area is 104 Å². The molecule has 2 unspecified atom stereocenters. The van der Waals surface area contributed by atoms with Crippen LogP contribution in [0.3, 0.4) is 0 Å². The smallest absolute Gasteiger partial charge is 0.382 e. The minimum atomic E-state index is -4.32. The van der Waals surface area contributed by atoms with Gasteiger partial charge in [0.1, 0.15) is 0 Å². The van der Waals surface area contributed by atoms with Crippen LogP contribution in [0.25, 0.3) is 0 Å². The van der Waals surface area contributed by atoms with Gasteiger partial charge in [0.25, 0.3) is 0 Å². The van der Waals surface area contributed by atoms with Crippen molar-refractivity contribution in [3.63, 3.8) is 0 Å². The fourth-order valence-electron chi connectivity index (χ4n) is 2.17. The van der Waals surface area contributed by atoms with Crippen molar-refractivity contribution < 1.29 is 17.9 Å². The van der Waals surface area contributed by atoms with Crippen molar-refractivity contribution in [3.8, 4) is 0 Å². The number of rotatable bonds is 3. The first-order chi connectivity index (χ1) is 8.48. The molecule has 0 bridgehead atoms. The number of alkyl halides is 3. The van der Waals surface area contributed by atoms with Gasteiger partial charge in [-0.05, 0) is 25.5 Å². The Balaban J connectivity index is 2.13. The summed E-state index contributed by atoms with van der Waals surface area (Å²) in [6.45, 7) is 3.20. The van der Waals surface area contributed by atoms with Gasteiger partial charge >= 0.3 is 6.18 Å². The van der Waals surface area contributed by atoms with Gasteiger partial charge in [0.05, 0.1) is 12.2 Å². The van der Waals surface area contributed by atoms with E-state index in [1.54, 1.807) is 6.07 Å². The predicted molar refractivity (Wildman–Crippen MR) is 63.5 cm³/mol. The first-order valence-electron chi connectivity index (χ1n) is 5.99. The van der Waals surface area contributed by atoms with Gasteiger partial charge < -0.3 is 10.1 Å². The maximum Gasteiger partial charge on any atom is 0.418 e. The van der Waals surface area contributed by atoms with E-state index in [9.17, 15) is 13.2 Å². The zero-order valence-electron chi connectivity index (χ0n) is 10.1. The first-order valence-corrected chi connectivity index (χ1v) is 5.99. The molecule has 0 saturated carbocycles. The lowest BCUT2D eigenvalue weighted by molar-refractivity contribution is -0.137. The van der Waals surface area contributed by atoms with Gasteiger partial charge in [-0.25, -0.2) is 0 Å². The third-order valence-electron chi connectivity index (χ3n) is 3.29. The quantitative estimate of drug-likeness (QED) is 0.896. The molecule has 1 fully saturated rings. The zero-order valence-corrected chi connectivity index (χ0v) is 10.1. The van der Waals surface area contributed by atoms with E-state index in [1.165, 1.54) is 12.1 Å². The summed E-state index contributed by atoms with van der Waals surface area (Å²) in [6.07, 6.45) is -3.43.